The second-order valence-electron chi connectivity index (χ2n) is 4.58. The highest BCUT2D eigenvalue weighted by Crippen LogP contribution is 2.32. The molecule has 98 valence electrons. The van der Waals surface area contributed by atoms with Crippen molar-refractivity contribution in [2.24, 2.45) is 0 Å². The van der Waals surface area contributed by atoms with E-state index in [1.54, 1.807) is 24.1 Å². The highest BCUT2D eigenvalue weighted by atomic mass is 16.3. The maximum absolute atomic E-state index is 11.7. The summed E-state index contributed by atoms with van der Waals surface area (Å²) in [6.07, 6.45) is 3.57. The van der Waals surface area contributed by atoms with Gasteiger partial charge in [-0.15, -0.1) is 0 Å². The SMILES string of the molecule is CN1C(=O)NC(=O)CC1(C)c1cnn(CCO)c1. The van der Waals surface area contributed by atoms with Crippen molar-refractivity contribution in [1.29, 1.82) is 0 Å². The van der Waals surface area contributed by atoms with Crippen LogP contribution in [0, 0.1) is 0 Å². The molecule has 0 bridgehead atoms. The zero-order chi connectivity index (χ0) is 13.3. The monoisotopic (exact) mass is 252 g/mol. The number of carbonyl (C=O) groups excluding carboxylic acids is 2. The Morgan fingerprint density at radius 1 is 1.56 bits per heavy atom. The van der Waals surface area contributed by atoms with E-state index in [0.29, 0.717) is 6.54 Å². The topological polar surface area (TPSA) is 87.5 Å². The number of aromatic nitrogens is 2. The van der Waals surface area contributed by atoms with Gasteiger partial charge in [0.25, 0.3) is 0 Å². The fraction of sp³-hybridized carbons (Fsp3) is 0.545. The summed E-state index contributed by atoms with van der Waals surface area (Å²) in [5, 5.41) is 15.2. The highest BCUT2D eigenvalue weighted by molar-refractivity contribution is 5.97. The lowest BCUT2D eigenvalue weighted by Gasteiger charge is -2.41. The molecule has 1 fully saturated rings. The molecule has 0 aromatic carbocycles. The number of nitrogens with one attached hydrogen (secondary N) is 1. The zero-order valence-electron chi connectivity index (χ0n) is 10.4. The van der Waals surface area contributed by atoms with E-state index in [4.69, 9.17) is 5.11 Å². The van der Waals surface area contributed by atoms with Gasteiger partial charge in [-0.25, -0.2) is 4.79 Å². The first kappa shape index (κ1) is 12.6. The van der Waals surface area contributed by atoms with Gasteiger partial charge in [-0.1, -0.05) is 0 Å². The van der Waals surface area contributed by atoms with Crippen LogP contribution in [0.3, 0.4) is 0 Å². The van der Waals surface area contributed by atoms with E-state index in [1.165, 1.54) is 4.90 Å². The number of hydrogen-bond acceptors (Lipinski definition) is 4. The van der Waals surface area contributed by atoms with Gasteiger partial charge in [0.15, 0.2) is 0 Å². The Bertz CT molecular complexity index is 484. The lowest BCUT2D eigenvalue weighted by Crippen LogP contribution is -2.57. The summed E-state index contributed by atoms with van der Waals surface area (Å²) in [7, 11) is 1.64. The van der Waals surface area contributed by atoms with Gasteiger partial charge in [-0.2, -0.15) is 5.10 Å². The highest BCUT2D eigenvalue weighted by Gasteiger charge is 2.42. The summed E-state index contributed by atoms with van der Waals surface area (Å²) in [5.41, 5.74) is 0.0780. The van der Waals surface area contributed by atoms with Gasteiger partial charge >= 0.3 is 6.03 Å². The van der Waals surface area contributed by atoms with Gasteiger partial charge in [0.1, 0.15) is 0 Å². The molecule has 1 aliphatic heterocycles. The van der Waals surface area contributed by atoms with Gasteiger partial charge in [0, 0.05) is 18.8 Å². The van der Waals surface area contributed by atoms with Crippen molar-refractivity contribution in [2.45, 2.75) is 25.4 Å². The summed E-state index contributed by atoms with van der Waals surface area (Å²) >= 11 is 0. The third kappa shape index (κ3) is 1.97. The lowest BCUT2D eigenvalue weighted by atomic mass is 9.87. The van der Waals surface area contributed by atoms with E-state index in [-0.39, 0.29) is 18.9 Å². The normalized spacial score (nSPS) is 24.3. The number of carbonyl (C=O) groups is 2. The van der Waals surface area contributed by atoms with Gasteiger partial charge in [0.05, 0.1) is 31.3 Å². The number of hydrogen-bond donors (Lipinski definition) is 2. The summed E-state index contributed by atoms with van der Waals surface area (Å²) < 4.78 is 1.59. The molecule has 1 aromatic heterocycles. The first-order valence-corrected chi connectivity index (χ1v) is 5.69. The second-order valence-corrected chi connectivity index (χ2v) is 4.58. The number of rotatable bonds is 3. The molecule has 7 nitrogen and oxygen atoms in total. The molecule has 1 saturated heterocycles. The minimum absolute atomic E-state index is 0.00685. The van der Waals surface area contributed by atoms with E-state index in [0.717, 1.165) is 5.56 Å². The number of urea groups is 1. The summed E-state index contributed by atoms with van der Waals surface area (Å²) in [5.74, 6) is -0.296. The zero-order valence-corrected chi connectivity index (χ0v) is 10.4. The van der Waals surface area contributed by atoms with Crippen LogP contribution in [0.1, 0.15) is 18.9 Å². The third-order valence-corrected chi connectivity index (χ3v) is 3.38. The average molecular weight is 252 g/mol. The van der Waals surface area contributed by atoms with Crippen LogP contribution >= 0.6 is 0 Å². The maximum atomic E-state index is 11.7. The Hall–Kier alpha value is -1.89. The van der Waals surface area contributed by atoms with Crippen molar-refractivity contribution in [1.82, 2.24) is 20.0 Å². The van der Waals surface area contributed by atoms with Crippen LogP contribution in [-0.4, -0.2) is 45.4 Å². The van der Waals surface area contributed by atoms with Gasteiger partial charge < -0.3 is 10.0 Å². The average Bonchev–Trinajstić information content (AvgIpc) is 2.75. The van der Waals surface area contributed by atoms with Gasteiger partial charge in [0.2, 0.25) is 5.91 Å². The largest absolute Gasteiger partial charge is 0.394 e. The molecule has 0 spiro atoms. The Balaban J connectivity index is 2.32. The molecule has 1 atom stereocenters. The molecule has 7 heteroatoms. The molecule has 3 amide bonds. The molecular formula is C11H16N4O3. The number of nitrogens with zero attached hydrogens (tertiary/aromatic N) is 3. The van der Waals surface area contributed by atoms with Crippen LogP contribution in [0.4, 0.5) is 4.79 Å². The Kier molecular flexibility index (Phi) is 3.08. The van der Waals surface area contributed by atoms with E-state index in [2.05, 4.69) is 10.4 Å². The Morgan fingerprint density at radius 3 is 2.94 bits per heavy atom. The van der Waals surface area contributed by atoms with Gasteiger partial charge in [-0.05, 0) is 6.92 Å². The molecule has 0 aliphatic carbocycles. The number of aliphatic hydroxyl groups is 1. The lowest BCUT2D eigenvalue weighted by molar-refractivity contribution is -0.124. The van der Waals surface area contributed by atoms with Crippen LogP contribution in [0.25, 0.3) is 0 Å². The minimum atomic E-state index is -0.701. The van der Waals surface area contributed by atoms with E-state index in [1.807, 2.05) is 6.92 Å². The van der Waals surface area contributed by atoms with Crippen molar-refractivity contribution in [3.63, 3.8) is 0 Å². The Morgan fingerprint density at radius 2 is 2.28 bits per heavy atom. The summed E-state index contributed by atoms with van der Waals surface area (Å²) in [6.45, 7) is 2.21. The molecule has 0 radical (unpaired) electrons. The van der Waals surface area contributed by atoms with Crippen LogP contribution in [0.15, 0.2) is 12.4 Å². The summed E-state index contributed by atoms with van der Waals surface area (Å²) in [4.78, 5) is 24.7. The van der Waals surface area contributed by atoms with E-state index in [9.17, 15) is 9.59 Å². The van der Waals surface area contributed by atoms with Gasteiger partial charge in [-0.3, -0.25) is 14.8 Å². The smallest absolute Gasteiger partial charge is 0.324 e. The first-order valence-electron chi connectivity index (χ1n) is 5.69. The van der Waals surface area contributed by atoms with Crippen molar-refractivity contribution < 1.29 is 14.7 Å². The number of imide groups is 1. The predicted octanol–water partition coefficient (Wildman–Crippen LogP) is -0.338. The van der Waals surface area contributed by atoms with E-state index < -0.39 is 11.6 Å². The molecule has 2 heterocycles. The second kappa shape index (κ2) is 4.41. The number of aliphatic hydroxyl groups excluding tert-OH is 1. The van der Waals surface area contributed by atoms with Crippen LogP contribution in [0.5, 0.6) is 0 Å². The Labute approximate surface area is 104 Å². The molecular weight excluding hydrogens is 236 g/mol. The maximum Gasteiger partial charge on any atom is 0.324 e. The fourth-order valence-corrected chi connectivity index (χ4v) is 2.06. The molecule has 1 aromatic rings. The van der Waals surface area contributed by atoms with Crippen molar-refractivity contribution >= 4 is 11.9 Å². The standard InChI is InChI=1S/C11H16N4O3/c1-11(5-9(17)13-10(18)14(11)2)8-6-12-15(7-8)3-4-16/h6-7,16H,3-5H2,1-2H3,(H,13,17,18). The van der Waals surface area contributed by atoms with Crippen LogP contribution in [0.2, 0.25) is 0 Å². The predicted molar refractivity (Wildman–Crippen MR) is 62.6 cm³/mol. The molecule has 18 heavy (non-hydrogen) atoms. The van der Waals surface area contributed by atoms with Crippen molar-refractivity contribution in [3.05, 3.63) is 18.0 Å². The van der Waals surface area contributed by atoms with Crippen LogP contribution in [-0.2, 0) is 16.9 Å². The van der Waals surface area contributed by atoms with Crippen LogP contribution < -0.4 is 5.32 Å². The molecule has 1 unspecified atom stereocenters. The van der Waals surface area contributed by atoms with Crippen molar-refractivity contribution in [2.75, 3.05) is 13.7 Å². The fourth-order valence-electron chi connectivity index (χ4n) is 2.06. The molecule has 0 saturated carbocycles. The summed E-state index contributed by atoms with van der Waals surface area (Å²) in [6, 6.07) is -0.413. The van der Waals surface area contributed by atoms with E-state index >= 15 is 0 Å². The molecule has 2 rings (SSSR count). The molecule has 2 N–H and O–H groups in total. The minimum Gasteiger partial charge on any atom is -0.394 e. The first-order chi connectivity index (χ1) is 8.47. The quantitative estimate of drug-likeness (QED) is 0.770. The van der Waals surface area contributed by atoms with Crippen molar-refractivity contribution in [3.8, 4) is 0 Å². The third-order valence-electron chi connectivity index (χ3n) is 3.38. The molecule has 1 aliphatic rings. The number of amides is 3.